The topological polar surface area (TPSA) is 83.0 Å². The first-order chi connectivity index (χ1) is 38.1. The van der Waals surface area contributed by atoms with Gasteiger partial charge in [0, 0.05) is 91.1 Å². The van der Waals surface area contributed by atoms with Crippen LogP contribution in [0.5, 0.6) is 0 Å². The molecule has 0 bridgehead atoms. The molecule has 0 fully saturated rings. The highest BCUT2D eigenvalue weighted by Crippen LogP contribution is 2.50. The van der Waals surface area contributed by atoms with Crippen LogP contribution in [0.4, 0.5) is 0 Å². The Morgan fingerprint density at radius 3 is 1.32 bits per heavy atom. The second-order valence-electron chi connectivity index (χ2n) is 19.8. The Kier molecular flexibility index (Phi) is 8.87. The number of benzene rings is 11. The van der Waals surface area contributed by atoms with E-state index in [2.05, 4.69) is 180 Å². The molecule has 358 valence electrons. The molecule has 8 heteroatoms. The summed E-state index contributed by atoms with van der Waals surface area (Å²) in [6.07, 6.45) is 0. The first kappa shape index (κ1) is 42.2. The van der Waals surface area contributed by atoms with Gasteiger partial charge in [0.05, 0.1) is 16.7 Å². The zero-order valence-corrected chi connectivity index (χ0v) is 41.7. The van der Waals surface area contributed by atoms with Crippen LogP contribution in [0.2, 0.25) is 0 Å². The molecule has 17 rings (SSSR count). The Balaban J connectivity index is 0.943. The molecule has 0 radical (unpaired) electrons. The Labute approximate surface area is 442 Å². The molecule has 0 aliphatic carbocycles. The number of fused-ring (bicyclic) bond motifs is 17. The van der Waals surface area contributed by atoms with Crippen LogP contribution in [0.3, 0.4) is 0 Å². The van der Waals surface area contributed by atoms with E-state index in [9.17, 15) is 0 Å². The van der Waals surface area contributed by atoms with Gasteiger partial charge in [-0.15, -0.1) is 11.3 Å². The number of para-hydroxylation sites is 4. The predicted molar refractivity (Wildman–Crippen MR) is 316 cm³/mol. The van der Waals surface area contributed by atoms with Crippen molar-refractivity contribution in [2.75, 3.05) is 0 Å². The van der Waals surface area contributed by atoms with Gasteiger partial charge in [0.1, 0.15) is 33.5 Å². The Hall–Kier alpha value is -10.2. The molecular weight excluding hydrogens is 965 g/mol. The van der Waals surface area contributed by atoms with Crippen LogP contribution < -0.4 is 0 Å². The van der Waals surface area contributed by atoms with E-state index < -0.39 is 0 Å². The fourth-order valence-electron chi connectivity index (χ4n) is 12.0. The zero-order valence-electron chi connectivity index (χ0n) is 40.9. The van der Waals surface area contributed by atoms with Gasteiger partial charge in [0.25, 0.3) is 0 Å². The lowest BCUT2D eigenvalue weighted by Gasteiger charge is -2.21. The molecule has 0 aliphatic rings. The molecule has 17 aromatic rings. The quantitative estimate of drug-likeness (QED) is 0.165. The third-order valence-electron chi connectivity index (χ3n) is 15.5. The second kappa shape index (κ2) is 16.2. The standard InChI is InChI=1S/C69H38N4O3S/c1-3-15-39(16-4-1)52-35-43(69-71-67(41-27-29-46-44-19-8-12-24-56(44)75-60(46)37-41)70-68(72-69)42-28-30-47-45-20-9-13-25-57(45)76-61(47)38-42)36-53(40-17-5-2-6-18-40)64(52)73-54-23-11-7-21-50(54)62-55(73)33-31-48-49-32-34-59-63(66(49)77-65(48)62)51-22-10-14-26-58(51)74-59/h1-38H. The molecule has 11 aromatic carbocycles. The molecule has 6 aromatic heterocycles. The summed E-state index contributed by atoms with van der Waals surface area (Å²) < 4.78 is 24.3. The minimum atomic E-state index is 0.527. The van der Waals surface area contributed by atoms with E-state index >= 15 is 0 Å². The normalized spacial score (nSPS) is 12.2. The van der Waals surface area contributed by atoms with Gasteiger partial charge in [0.2, 0.25) is 0 Å². The number of thiophene rings is 1. The number of rotatable bonds is 6. The highest BCUT2D eigenvalue weighted by Gasteiger charge is 2.26. The van der Waals surface area contributed by atoms with Crippen molar-refractivity contribution in [1.29, 1.82) is 0 Å². The molecule has 0 aliphatic heterocycles. The molecular formula is C69H38N4O3S. The molecule has 0 N–H and O–H groups in total. The van der Waals surface area contributed by atoms with Crippen molar-refractivity contribution < 1.29 is 13.3 Å². The molecule has 0 saturated carbocycles. The lowest BCUT2D eigenvalue weighted by Crippen LogP contribution is -2.04. The molecule has 0 amide bonds. The summed E-state index contributed by atoms with van der Waals surface area (Å²) in [5.74, 6) is 1.59. The van der Waals surface area contributed by atoms with Crippen LogP contribution in [0.15, 0.2) is 244 Å². The van der Waals surface area contributed by atoms with E-state index in [0.717, 1.165) is 116 Å². The minimum Gasteiger partial charge on any atom is -0.456 e. The fraction of sp³-hybridized carbons (Fsp3) is 0. The maximum atomic E-state index is 6.44. The van der Waals surface area contributed by atoms with Gasteiger partial charge in [0.15, 0.2) is 17.5 Å². The van der Waals surface area contributed by atoms with Crippen LogP contribution in [-0.4, -0.2) is 19.5 Å². The molecule has 6 heterocycles. The number of hydrogen-bond acceptors (Lipinski definition) is 7. The van der Waals surface area contributed by atoms with E-state index in [1.807, 2.05) is 65.9 Å². The molecule has 0 spiro atoms. The summed E-state index contributed by atoms with van der Waals surface area (Å²) in [6.45, 7) is 0. The van der Waals surface area contributed by atoms with Crippen LogP contribution in [-0.2, 0) is 0 Å². The van der Waals surface area contributed by atoms with Crippen LogP contribution in [0.25, 0.3) is 170 Å². The summed E-state index contributed by atoms with van der Waals surface area (Å²) in [4.78, 5) is 16.1. The summed E-state index contributed by atoms with van der Waals surface area (Å²) in [7, 11) is 0. The molecule has 77 heavy (non-hydrogen) atoms. The number of aromatic nitrogens is 4. The maximum Gasteiger partial charge on any atom is 0.164 e. The van der Waals surface area contributed by atoms with Crippen LogP contribution in [0, 0.1) is 0 Å². The molecule has 0 unspecified atom stereocenters. The van der Waals surface area contributed by atoms with Crippen molar-refractivity contribution in [3.8, 4) is 62.1 Å². The van der Waals surface area contributed by atoms with Crippen molar-refractivity contribution in [1.82, 2.24) is 19.5 Å². The van der Waals surface area contributed by atoms with E-state index in [1.165, 1.54) is 36.3 Å². The first-order valence-corrected chi connectivity index (χ1v) is 26.5. The van der Waals surface area contributed by atoms with Gasteiger partial charge in [-0.3, -0.25) is 0 Å². The lowest BCUT2D eigenvalue weighted by atomic mass is 9.92. The van der Waals surface area contributed by atoms with Gasteiger partial charge in [-0.1, -0.05) is 152 Å². The first-order valence-electron chi connectivity index (χ1n) is 25.7. The van der Waals surface area contributed by atoms with E-state index in [4.69, 9.17) is 28.2 Å². The third-order valence-corrected chi connectivity index (χ3v) is 16.7. The Morgan fingerprint density at radius 2 is 0.727 bits per heavy atom. The average molecular weight is 1000 g/mol. The van der Waals surface area contributed by atoms with E-state index in [0.29, 0.717) is 17.5 Å². The average Bonchev–Trinajstić information content (AvgIpc) is 4.45. The summed E-state index contributed by atoms with van der Waals surface area (Å²) in [5.41, 5.74) is 14.9. The number of hydrogen-bond donors (Lipinski definition) is 0. The second-order valence-corrected chi connectivity index (χ2v) is 20.8. The fourth-order valence-corrected chi connectivity index (χ4v) is 13.4. The van der Waals surface area contributed by atoms with Gasteiger partial charge < -0.3 is 17.8 Å². The maximum absolute atomic E-state index is 6.44. The van der Waals surface area contributed by atoms with Crippen molar-refractivity contribution >= 4 is 119 Å². The number of furan rings is 3. The Morgan fingerprint density at radius 1 is 0.286 bits per heavy atom. The largest absolute Gasteiger partial charge is 0.456 e. The van der Waals surface area contributed by atoms with Gasteiger partial charge in [-0.25, -0.2) is 15.0 Å². The van der Waals surface area contributed by atoms with Crippen molar-refractivity contribution in [2.45, 2.75) is 0 Å². The summed E-state index contributed by atoms with van der Waals surface area (Å²) in [5, 5.41) is 11.4. The summed E-state index contributed by atoms with van der Waals surface area (Å²) >= 11 is 1.86. The van der Waals surface area contributed by atoms with E-state index in [-0.39, 0.29) is 0 Å². The molecule has 0 atom stereocenters. The predicted octanol–water partition coefficient (Wildman–Crippen LogP) is 19.4. The minimum absolute atomic E-state index is 0.527. The van der Waals surface area contributed by atoms with Crippen LogP contribution >= 0.6 is 11.3 Å². The van der Waals surface area contributed by atoms with Gasteiger partial charge in [-0.05, 0) is 90.0 Å². The third kappa shape index (κ3) is 6.34. The highest BCUT2D eigenvalue weighted by molar-refractivity contribution is 7.27. The molecule has 0 saturated heterocycles. The smallest absolute Gasteiger partial charge is 0.164 e. The monoisotopic (exact) mass is 1000 g/mol. The zero-order chi connectivity index (χ0) is 50.3. The lowest BCUT2D eigenvalue weighted by molar-refractivity contribution is 0.668. The van der Waals surface area contributed by atoms with Gasteiger partial charge in [-0.2, -0.15) is 0 Å². The van der Waals surface area contributed by atoms with Crippen LogP contribution in [0.1, 0.15) is 0 Å². The highest BCUT2D eigenvalue weighted by atomic mass is 32.1. The number of nitrogens with zero attached hydrogens (tertiary/aromatic N) is 4. The SMILES string of the molecule is c1ccc(-c2cc(-c3nc(-c4ccc5c(c4)oc4ccccc45)nc(-c4ccc5c(c4)oc4ccccc45)n3)cc(-c3ccccc3)c2-n2c3ccccc3c3c4sc5c(ccc6oc7ccccc7c65)c4ccc32)cc1. The van der Waals surface area contributed by atoms with E-state index in [1.54, 1.807) is 0 Å². The summed E-state index contributed by atoms with van der Waals surface area (Å²) in [6, 6.07) is 80.9. The van der Waals surface area contributed by atoms with Crippen molar-refractivity contribution in [3.05, 3.63) is 231 Å². The van der Waals surface area contributed by atoms with Gasteiger partial charge >= 0.3 is 0 Å². The van der Waals surface area contributed by atoms with Crippen molar-refractivity contribution in [2.24, 2.45) is 0 Å². The van der Waals surface area contributed by atoms with Crippen molar-refractivity contribution in [3.63, 3.8) is 0 Å². The molecule has 7 nitrogen and oxygen atoms in total. The Bertz CT molecular complexity index is 5100.